The second kappa shape index (κ2) is 8.56. The van der Waals surface area contributed by atoms with Crippen LogP contribution < -0.4 is 5.32 Å². The van der Waals surface area contributed by atoms with Gasteiger partial charge in [0.1, 0.15) is 0 Å². The monoisotopic (exact) mass is 277 g/mol. The molecule has 1 heterocycles. The van der Waals surface area contributed by atoms with Gasteiger partial charge >= 0.3 is 6.03 Å². The number of aromatic nitrogens is 1. The summed E-state index contributed by atoms with van der Waals surface area (Å²) in [5.74, 6) is 0.736. The molecule has 1 atom stereocenters. The van der Waals surface area contributed by atoms with Crippen LogP contribution in [0.15, 0.2) is 24.5 Å². The highest BCUT2D eigenvalue weighted by atomic mass is 16.2. The molecule has 4 nitrogen and oxygen atoms in total. The average Bonchev–Trinajstić information content (AvgIpc) is 2.45. The number of nitrogens with zero attached hydrogens (tertiary/aromatic N) is 2. The van der Waals surface area contributed by atoms with Crippen LogP contribution in [0.1, 0.15) is 51.6 Å². The van der Waals surface area contributed by atoms with Crippen molar-refractivity contribution in [3.8, 4) is 0 Å². The van der Waals surface area contributed by atoms with Gasteiger partial charge in [-0.2, -0.15) is 0 Å². The van der Waals surface area contributed by atoms with Crippen molar-refractivity contribution in [2.75, 3.05) is 13.6 Å². The molecular formula is C16H27N3O. The molecule has 0 saturated heterocycles. The summed E-state index contributed by atoms with van der Waals surface area (Å²) in [7, 11) is 1.83. The van der Waals surface area contributed by atoms with Crippen LogP contribution >= 0.6 is 0 Å². The average molecular weight is 277 g/mol. The van der Waals surface area contributed by atoms with Gasteiger partial charge in [-0.3, -0.25) is 4.98 Å². The lowest BCUT2D eigenvalue weighted by Crippen LogP contribution is -2.39. The minimum absolute atomic E-state index is 0.0149. The van der Waals surface area contributed by atoms with Gasteiger partial charge in [0.25, 0.3) is 0 Å². The Morgan fingerprint density at radius 1 is 1.25 bits per heavy atom. The summed E-state index contributed by atoms with van der Waals surface area (Å²) in [6.45, 7) is 7.22. The SMILES string of the molecule is CC(C)CCCCNC(=O)N(C)C(C)c1ccncc1. The molecule has 0 aliphatic carbocycles. The number of carbonyl (C=O) groups is 1. The zero-order valence-corrected chi connectivity index (χ0v) is 13.1. The summed E-state index contributed by atoms with van der Waals surface area (Å²) in [6.07, 6.45) is 6.94. The lowest BCUT2D eigenvalue weighted by atomic mass is 10.1. The highest BCUT2D eigenvalue weighted by Crippen LogP contribution is 2.17. The van der Waals surface area contributed by atoms with Crippen molar-refractivity contribution >= 4 is 6.03 Å². The Hall–Kier alpha value is -1.58. The molecule has 1 unspecified atom stereocenters. The summed E-state index contributed by atoms with van der Waals surface area (Å²) in [5.41, 5.74) is 1.09. The number of nitrogens with one attached hydrogen (secondary N) is 1. The summed E-state index contributed by atoms with van der Waals surface area (Å²) in [4.78, 5) is 17.8. The fourth-order valence-corrected chi connectivity index (χ4v) is 2.04. The van der Waals surface area contributed by atoms with E-state index in [1.165, 1.54) is 12.8 Å². The predicted octanol–water partition coefficient (Wildman–Crippen LogP) is 3.61. The Morgan fingerprint density at radius 2 is 1.90 bits per heavy atom. The van der Waals surface area contributed by atoms with Crippen molar-refractivity contribution in [3.05, 3.63) is 30.1 Å². The third kappa shape index (κ3) is 5.59. The molecule has 1 aromatic rings. The highest BCUT2D eigenvalue weighted by molar-refractivity contribution is 5.74. The Kier molecular flexibility index (Phi) is 7.05. The van der Waals surface area contributed by atoms with Crippen molar-refractivity contribution in [1.82, 2.24) is 15.2 Å². The van der Waals surface area contributed by atoms with Gasteiger partial charge in [0.2, 0.25) is 0 Å². The van der Waals surface area contributed by atoms with E-state index in [1.807, 2.05) is 26.1 Å². The second-order valence-electron chi connectivity index (χ2n) is 5.69. The number of unbranched alkanes of at least 4 members (excludes halogenated alkanes) is 1. The molecule has 0 aliphatic rings. The van der Waals surface area contributed by atoms with Crippen LogP contribution in [0.25, 0.3) is 0 Å². The van der Waals surface area contributed by atoms with Crippen molar-refractivity contribution in [2.45, 2.75) is 46.1 Å². The van der Waals surface area contributed by atoms with E-state index < -0.39 is 0 Å². The molecule has 0 bridgehead atoms. The zero-order chi connectivity index (χ0) is 15.0. The minimum Gasteiger partial charge on any atom is -0.338 e. The van der Waals surface area contributed by atoms with Crippen LogP contribution in [0, 0.1) is 5.92 Å². The first-order valence-electron chi connectivity index (χ1n) is 7.43. The van der Waals surface area contributed by atoms with E-state index in [-0.39, 0.29) is 12.1 Å². The van der Waals surface area contributed by atoms with Crippen molar-refractivity contribution < 1.29 is 4.79 Å². The Morgan fingerprint density at radius 3 is 2.50 bits per heavy atom. The quantitative estimate of drug-likeness (QED) is 0.774. The second-order valence-corrected chi connectivity index (χ2v) is 5.69. The van der Waals surface area contributed by atoms with E-state index in [9.17, 15) is 4.79 Å². The molecule has 4 heteroatoms. The van der Waals surface area contributed by atoms with Crippen molar-refractivity contribution in [2.24, 2.45) is 5.92 Å². The lowest BCUT2D eigenvalue weighted by Gasteiger charge is -2.25. The first-order valence-corrected chi connectivity index (χ1v) is 7.43. The van der Waals surface area contributed by atoms with E-state index >= 15 is 0 Å². The molecule has 0 saturated carbocycles. The molecule has 0 spiro atoms. The molecule has 0 aliphatic heterocycles. The molecule has 1 aromatic heterocycles. The normalized spacial score (nSPS) is 12.2. The predicted molar refractivity (Wildman–Crippen MR) is 82.5 cm³/mol. The number of rotatable bonds is 7. The first-order chi connectivity index (χ1) is 9.52. The van der Waals surface area contributed by atoms with Crippen LogP contribution in [0.4, 0.5) is 4.79 Å². The van der Waals surface area contributed by atoms with E-state index in [4.69, 9.17) is 0 Å². The first kappa shape index (κ1) is 16.5. The summed E-state index contributed by atoms with van der Waals surface area (Å²) in [5, 5.41) is 2.98. The topological polar surface area (TPSA) is 45.2 Å². The van der Waals surface area contributed by atoms with Gasteiger partial charge in [-0.25, -0.2) is 4.79 Å². The number of pyridine rings is 1. The van der Waals surface area contributed by atoms with Gasteiger partial charge < -0.3 is 10.2 Å². The molecule has 1 N–H and O–H groups in total. The van der Waals surface area contributed by atoms with Gasteiger partial charge in [-0.1, -0.05) is 26.7 Å². The number of hydrogen-bond acceptors (Lipinski definition) is 2. The molecule has 1 rings (SSSR count). The van der Waals surface area contributed by atoms with Gasteiger partial charge in [0, 0.05) is 26.0 Å². The van der Waals surface area contributed by atoms with E-state index in [0.717, 1.165) is 24.4 Å². The van der Waals surface area contributed by atoms with Gasteiger partial charge in [-0.15, -0.1) is 0 Å². The lowest BCUT2D eigenvalue weighted by molar-refractivity contribution is 0.194. The number of hydrogen-bond donors (Lipinski definition) is 1. The number of amides is 2. The Balaban J connectivity index is 2.32. The van der Waals surface area contributed by atoms with Gasteiger partial charge in [0.15, 0.2) is 0 Å². The van der Waals surface area contributed by atoms with Crippen LogP contribution in [0.2, 0.25) is 0 Å². The standard InChI is InChI=1S/C16H27N3O/c1-13(2)7-5-6-10-18-16(20)19(4)14(3)15-8-11-17-12-9-15/h8-9,11-14H,5-7,10H2,1-4H3,(H,18,20). The van der Waals surface area contributed by atoms with Crippen LogP contribution in [0.3, 0.4) is 0 Å². The third-order valence-electron chi connectivity index (χ3n) is 3.57. The molecule has 0 radical (unpaired) electrons. The molecular weight excluding hydrogens is 250 g/mol. The fraction of sp³-hybridized carbons (Fsp3) is 0.625. The fourth-order valence-electron chi connectivity index (χ4n) is 2.04. The molecule has 0 fully saturated rings. The minimum atomic E-state index is -0.0149. The third-order valence-corrected chi connectivity index (χ3v) is 3.57. The summed E-state index contributed by atoms with van der Waals surface area (Å²) in [6, 6.07) is 3.92. The number of carbonyl (C=O) groups excluding carboxylic acids is 1. The summed E-state index contributed by atoms with van der Waals surface area (Å²) < 4.78 is 0. The van der Waals surface area contributed by atoms with Gasteiger partial charge in [0.05, 0.1) is 6.04 Å². The number of urea groups is 1. The molecule has 20 heavy (non-hydrogen) atoms. The molecule has 2 amide bonds. The molecule has 0 aromatic carbocycles. The van der Waals surface area contributed by atoms with E-state index in [2.05, 4.69) is 24.1 Å². The zero-order valence-electron chi connectivity index (χ0n) is 13.1. The van der Waals surface area contributed by atoms with Crippen LogP contribution in [0.5, 0.6) is 0 Å². The molecule has 112 valence electrons. The van der Waals surface area contributed by atoms with Crippen molar-refractivity contribution in [1.29, 1.82) is 0 Å². The largest absolute Gasteiger partial charge is 0.338 e. The smallest absolute Gasteiger partial charge is 0.317 e. The van der Waals surface area contributed by atoms with E-state index in [0.29, 0.717) is 0 Å². The van der Waals surface area contributed by atoms with E-state index in [1.54, 1.807) is 17.3 Å². The van der Waals surface area contributed by atoms with Gasteiger partial charge in [-0.05, 0) is 37.0 Å². The summed E-state index contributed by atoms with van der Waals surface area (Å²) >= 11 is 0. The maximum atomic E-state index is 12.1. The maximum Gasteiger partial charge on any atom is 0.317 e. The maximum absolute atomic E-state index is 12.1. The Labute approximate surface area is 122 Å². The Bertz CT molecular complexity index is 392. The highest BCUT2D eigenvalue weighted by Gasteiger charge is 2.16. The van der Waals surface area contributed by atoms with Crippen molar-refractivity contribution in [3.63, 3.8) is 0 Å². The van der Waals surface area contributed by atoms with Crippen LogP contribution in [-0.2, 0) is 0 Å². The van der Waals surface area contributed by atoms with Crippen LogP contribution in [-0.4, -0.2) is 29.5 Å².